The van der Waals surface area contributed by atoms with E-state index in [0.717, 1.165) is 37.9 Å². The fourth-order valence-corrected chi connectivity index (χ4v) is 3.08. The van der Waals surface area contributed by atoms with Gasteiger partial charge in [0.15, 0.2) is 0 Å². The second-order valence-electron chi connectivity index (χ2n) is 7.28. The molecule has 112 valence electrons. The molecule has 3 heteroatoms. The number of pyridine rings is 1. The summed E-state index contributed by atoms with van der Waals surface area (Å²) in [6, 6.07) is 4.15. The molecule has 1 aliphatic rings. The van der Waals surface area contributed by atoms with Crippen LogP contribution in [-0.2, 0) is 6.42 Å². The SMILES string of the molecule is CC(C)(C)NCCC(C)(O)C1CCCc2cccnc21. The maximum absolute atomic E-state index is 10.9. The lowest BCUT2D eigenvalue weighted by molar-refractivity contribution is 0.0140. The molecule has 0 spiro atoms. The van der Waals surface area contributed by atoms with Crippen molar-refractivity contribution in [3.8, 4) is 0 Å². The average molecular weight is 276 g/mol. The largest absolute Gasteiger partial charge is 0.389 e. The summed E-state index contributed by atoms with van der Waals surface area (Å²) in [5.41, 5.74) is 1.83. The first kappa shape index (κ1) is 15.5. The van der Waals surface area contributed by atoms with Gasteiger partial charge in [-0.05, 0) is 71.6 Å². The van der Waals surface area contributed by atoms with Gasteiger partial charge in [0.25, 0.3) is 0 Å². The van der Waals surface area contributed by atoms with Crippen molar-refractivity contribution in [1.82, 2.24) is 10.3 Å². The Balaban J connectivity index is 2.06. The molecule has 0 fully saturated rings. The highest BCUT2D eigenvalue weighted by molar-refractivity contribution is 5.28. The van der Waals surface area contributed by atoms with E-state index in [4.69, 9.17) is 0 Å². The molecule has 2 unspecified atom stereocenters. The van der Waals surface area contributed by atoms with Crippen LogP contribution in [0.25, 0.3) is 0 Å². The molecule has 1 heterocycles. The minimum absolute atomic E-state index is 0.0960. The van der Waals surface area contributed by atoms with Gasteiger partial charge in [-0.1, -0.05) is 6.07 Å². The van der Waals surface area contributed by atoms with Crippen molar-refractivity contribution in [3.05, 3.63) is 29.6 Å². The van der Waals surface area contributed by atoms with E-state index in [2.05, 4.69) is 37.1 Å². The van der Waals surface area contributed by atoms with E-state index in [1.165, 1.54) is 5.56 Å². The highest BCUT2D eigenvalue weighted by atomic mass is 16.3. The number of hydrogen-bond acceptors (Lipinski definition) is 3. The lowest BCUT2D eigenvalue weighted by Gasteiger charge is -2.37. The Hall–Kier alpha value is -0.930. The minimum Gasteiger partial charge on any atom is -0.389 e. The lowest BCUT2D eigenvalue weighted by Crippen LogP contribution is -2.42. The Labute approximate surface area is 122 Å². The standard InChI is InChI=1S/C17H28N2O/c1-16(2,3)19-12-10-17(4,20)14-9-5-7-13-8-6-11-18-15(13)14/h6,8,11,14,19-20H,5,7,9-10,12H2,1-4H3. The second kappa shape index (κ2) is 5.82. The zero-order chi connectivity index (χ0) is 14.8. The molecule has 0 amide bonds. The molecule has 3 nitrogen and oxygen atoms in total. The van der Waals surface area contributed by atoms with Crippen LogP contribution in [0.4, 0.5) is 0 Å². The van der Waals surface area contributed by atoms with Crippen LogP contribution in [0.2, 0.25) is 0 Å². The predicted octanol–water partition coefficient (Wildman–Crippen LogP) is 3.03. The quantitative estimate of drug-likeness (QED) is 0.888. The third-order valence-electron chi connectivity index (χ3n) is 4.23. The lowest BCUT2D eigenvalue weighted by atomic mass is 9.75. The molecule has 2 rings (SSSR count). The Morgan fingerprint density at radius 3 is 2.80 bits per heavy atom. The van der Waals surface area contributed by atoms with Crippen molar-refractivity contribution in [2.45, 2.75) is 70.4 Å². The summed E-state index contributed by atoms with van der Waals surface area (Å²) in [5.74, 6) is 0.161. The molecule has 0 aromatic carbocycles. The molecule has 0 radical (unpaired) electrons. The molecule has 1 aliphatic carbocycles. The number of nitrogens with one attached hydrogen (secondary N) is 1. The Morgan fingerprint density at radius 1 is 1.35 bits per heavy atom. The predicted molar refractivity (Wildman–Crippen MR) is 82.9 cm³/mol. The van der Waals surface area contributed by atoms with E-state index in [1.54, 1.807) is 0 Å². The Morgan fingerprint density at radius 2 is 2.10 bits per heavy atom. The topological polar surface area (TPSA) is 45.1 Å². The summed E-state index contributed by atoms with van der Waals surface area (Å²) in [4.78, 5) is 4.54. The number of rotatable bonds is 4. The third kappa shape index (κ3) is 3.80. The van der Waals surface area contributed by atoms with Crippen molar-refractivity contribution in [3.63, 3.8) is 0 Å². The van der Waals surface area contributed by atoms with Crippen molar-refractivity contribution in [1.29, 1.82) is 0 Å². The van der Waals surface area contributed by atoms with Gasteiger partial charge < -0.3 is 10.4 Å². The van der Waals surface area contributed by atoms with E-state index < -0.39 is 5.60 Å². The summed E-state index contributed by atoms with van der Waals surface area (Å²) in [5, 5.41) is 14.4. The third-order valence-corrected chi connectivity index (χ3v) is 4.23. The monoisotopic (exact) mass is 276 g/mol. The van der Waals surface area contributed by atoms with Crippen LogP contribution in [0.5, 0.6) is 0 Å². The smallest absolute Gasteiger partial charge is 0.0715 e. The zero-order valence-corrected chi connectivity index (χ0v) is 13.2. The first-order valence-corrected chi connectivity index (χ1v) is 7.71. The maximum Gasteiger partial charge on any atom is 0.0715 e. The van der Waals surface area contributed by atoms with Crippen LogP contribution < -0.4 is 5.32 Å². The molecule has 1 aromatic heterocycles. The van der Waals surface area contributed by atoms with Crippen molar-refractivity contribution >= 4 is 0 Å². The van der Waals surface area contributed by atoms with Crippen LogP contribution in [0, 0.1) is 0 Å². The summed E-state index contributed by atoms with van der Waals surface area (Å²) < 4.78 is 0. The van der Waals surface area contributed by atoms with Crippen molar-refractivity contribution < 1.29 is 5.11 Å². The van der Waals surface area contributed by atoms with Gasteiger partial charge in [0.05, 0.1) is 5.60 Å². The second-order valence-corrected chi connectivity index (χ2v) is 7.28. The molecule has 0 bridgehead atoms. The van der Waals surface area contributed by atoms with Gasteiger partial charge in [-0.15, -0.1) is 0 Å². The molecule has 2 N–H and O–H groups in total. The summed E-state index contributed by atoms with van der Waals surface area (Å²) in [6.07, 6.45) is 5.88. The van der Waals surface area contributed by atoms with E-state index in [-0.39, 0.29) is 11.5 Å². The summed E-state index contributed by atoms with van der Waals surface area (Å²) in [7, 11) is 0. The number of nitrogens with zero attached hydrogens (tertiary/aromatic N) is 1. The van der Waals surface area contributed by atoms with Gasteiger partial charge in [-0.25, -0.2) is 0 Å². The maximum atomic E-state index is 10.9. The normalized spacial score (nSPS) is 22.1. The molecule has 0 saturated carbocycles. The molecule has 0 aliphatic heterocycles. The molecular weight excluding hydrogens is 248 g/mol. The molecule has 20 heavy (non-hydrogen) atoms. The highest BCUT2D eigenvalue weighted by Crippen LogP contribution is 2.39. The molecular formula is C17H28N2O. The minimum atomic E-state index is -0.693. The van der Waals surface area contributed by atoms with Crippen molar-refractivity contribution in [2.75, 3.05) is 6.54 Å². The average Bonchev–Trinajstić information content (AvgIpc) is 2.36. The van der Waals surface area contributed by atoms with Crippen LogP contribution >= 0.6 is 0 Å². The van der Waals surface area contributed by atoms with Crippen molar-refractivity contribution in [2.24, 2.45) is 0 Å². The number of hydrogen-bond donors (Lipinski definition) is 2. The van der Waals surface area contributed by atoms with E-state index in [0.29, 0.717) is 0 Å². The molecule has 1 aromatic rings. The summed E-state index contributed by atoms with van der Waals surface area (Å²) >= 11 is 0. The van der Waals surface area contributed by atoms with Crippen LogP contribution in [0.1, 0.15) is 64.1 Å². The van der Waals surface area contributed by atoms with Gasteiger partial charge in [-0.2, -0.15) is 0 Å². The molecule has 2 atom stereocenters. The number of aromatic nitrogens is 1. The van der Waals surface area contributed by atoms with Gasteiger partial charge in [0.2, 0.25) is 0 Å². The zero-order valence-electron chi connectivity index (χ0n) is 13.2. The first-order chi connectivity index (χ1) is 9.30. The summed E-state index contributed by atoms with van der Waals surface area (Å²) in [6.45, 7) is 9.25. The fourth-order valence-electron chi connectivity index (χ4n) is 3.08. The van der Waals surface area contributed by atoms with Gasteiger partial charge >= 0.3 is 0 Å². The van der Waals surface area contributed by atoms with Crippen LogP contribution in [0.15, 0.2) is 18.3 Å². The van der Waals surface area contributed by atoms with Gasteiger partial charge in [-0.3, -0.25) is 4.98 Å². The van der Waals surface area contributed by atoms with E-state index >= 15 is 0 Å². The number of aryl methyl sites for hydroxylation is 1. The molecule has 0 saturated heterocycles. The Kier molecular flexibility index (Phi) is 4.50. The van der Waals surface area contributed by atoms with E-state index in [9.17, 15) is 5.11 Å². The Bertz CT molecular complexity index is 449. The van der Waals surface area contributed by atoms with E-state index in [1.807, 2.05) is 19.2 Å². The fraction of sp³-hybridized carbons (Fsp3) is 0.706. The van der Waals surface area contributed by atoms with Gasteiger partial charge in [0, 0.05) is 23.3 Å². The highest BCUT2D eigenvalue weighted by Gasteiger charge is 2.36. The van der Waals surface area contributed by atoms with Crippen LogP contribution in [-0.4, -0.2) is 27.8 Å². The van der Waals surface area contributed by atoms with Crippen LogP contribution in [0.3, 0.4) is 0 Å². The van der Waals surface area contributed by atoms with Gasteiger partial charge in [0.1, 0.15) is 0 Å². The first-order valence-electron chi connectivity index (χ1n) is 7.71. The number of fused-ring (bicyclic) bond motifs is 1. The number of aliphatic hydroxyl groups is 1.